The largest absolute Gasteiger partial charge is 0.326 e. The second-order valence-electron chi connectivity index (χ2n) is 4.68. The predicted octanol–water partition coefficient (Wildman–Crippen LogP) is 2.86. The van der Waals surface area contributed by atoms with E-state index < -0.39 is 0 Å². The zero-order valence-electron chi connectivity index (χ0n) is 10.5. The van der Waals surface area contributed by atoms with Crippen LogP contribution in [0.4, 0.5) is 10.8 Å². The van der Waals surface area contributed by atoms with E-state index in [2.05, 4.69) is 35.1 Å². The van der Waals surface area contributed by atoms with Gasteiger partial charge in [-0.25, -0.2) is 4.98 Å². The molecule has 0 aliphatic heterocycles. The average Bonchev–Trinajstić information content (AvgIpc) is 3.05. The number of aryl methyl sites for hydroxylation is 2. The van der Waals surface area contributed by atoms with E-state index in [1.165, 1.54) is 36.1 Å². The fraction of sp³-hybridized carbons (Fsp3) is 0.357. The smallest absolute Gasteiger partial charge is 0.189 e. The maximum Gasteiger partial charge on any atom is 0.189 e. The van der Waals surface area contributed by atoms with Crippen LogP contribution in [-0.2, 0) is 19.4 Å². The summed E-state index contributed by atoms with van der Waals surface area (Å²) in [5.41, 5.74) is 9.85. The molecular formula is C14H17N3S. The molecule has 18 heavy (non-hydrogen) atoms. The SMILES string of the molecule is CN(c1ccc2c(c1)CCC2)c1ncc(CN)s1. The molecule has 0 bridgehead atoms. The second kappa shape index (κ2) is 4.71. The minimum atomic E-state index is 0.565. The minimum absolute atomic E-state index is 0.565. The lowest BCUT2D eigenvalue weighted by Crippen LogP contribution is -2.09. The van der Waals surface area contributed by atoms with Gasteiger partial charge in [-0.3, -0.25) is 0 Å². The molecule has 2 aromatic rings. The van der Waals surface area contributed by atoms with Crippen LogP contribution < -0.4 is 10.6 Å². The molecule has 1 aliphatic rings. The first kappa shape index (κ1) is 11.7. The van der Waals surface area contributed by atoms with Gasteiger partial charge in [0.05, 0.1) is 0 Å². The van der Waals surface area contributed by atoms with Crippen molar-refractivity contribution in [3.8, 4) is 0 Å². The number of nitrogens with two attached hydrogens (primary N) is 1. The Labute approximate surface area is 111 Å². The van der Waals surface area contributed by atoms with E-state index in [1.54, 1.807) is 11.3 Å². The molecule has 0 spiro atoms. The molecule has 0 fully saturated rings. The predicted molar refractivity (Wildman–Crippen MR) is 76.5 cm³/mol. The lowest BCUT2D eigenvalue weighted by Gasteiger charge is -2.17. The Morgan fingerprint density at radius 2 is 2.17 bits per heavy atom. The van der Waals surface area contributed by atoms with Crippen LogP contribution in [0.1, 0.15) is 22.4 Å². The lowest BCUT2D eigenvalue weighted by atomic mass is 10.1. The topological polar surface area (TPSA) is 42.2 Å². The Morgan fingerprint density at radius 3 is 2.94 bits per heavy atom. The quantitative estimate of drug-likeness (QED) is 0.921. The van der Waals surface area contributed by atoms with Crippen molar-refractivity contribution in [3.05, 3.63) is 40.4 Å². The van der Waals surface area contributed by atoms with Crippen molar-refractivity contribution in [2.45, 2.75) is 25.8 Å². The first-order chi connectivity index (χ1) is 8.78. The number of rotatable bonds is 3. The Kier molecular flexibility index (Phi) is 3.06. The van der Waals surface area contributed by atoms with Gasteiger partial charge >= 0.3 is 0 Å². The minimum Gasteiger partial charge on any atom is -0.326 e. The molecule has 0 amide bonds. The first-order valence-corrected chi connectivity index (χ1v) is 7.10. The highest BCUT2D eigenvalue weighted by Gasteiger charge is 2.14. The molecule has 1 aliphatic carbocycles. The Balaban J connectivity index is 1.89. The second-order valence-corrected chi connectivity index (χ2v) is 5.77. The highest BCUT2D eigenvalue weighted by Crippen LogP contribution is 2.31. The van der Waals surface area contributed by atoms with Gasteiger partial charge in [0, 0.05) is 30.4 Å². The third kappa shape index (κ3) is 2.02. The standard InChI is InChI=1S/C14H17N3S/c1-17(14-16-9-13(8-15)18-14)12-6-5-10-3-2-4-11(10)7-12/h5-7,9H,2-4,8,15H2,1H3. The average molecular weight is 259 g/mol. The van der Waals surface area contributed by atoms with E-state index in [0.717, 1.165) is 10.0 Å². The summed E-state index contributed by atoms with van der Waals surface area (Å²) < 4.78 is 0. The van der Waals surface area contributed by atoms with E-state index >= 15 is 0 Å². The van der Waals surface area contributed by atoms with Crippen LogP contribution in [0.2, 0.25) is 0 Å². The van der Waals surface area contributed by atoms with Gasteiger partial charge < -0.3 is 10.6 Å². The summed E-state index contributed by atoms with van der Waals surface area (Å²) in [6, 6.07) is 6.74. The molecule has 3 rings (SSSR count). The van der Waals surface area contributed by atoms with Crippen LogP contribution in [0, 0.1) is 0 Å². The first-order valence-electron chi connectivity index (χ1n) is 6.28. The number of thiazole rings is 1. The normalized spacial score (nSPS) is 13.7. The van der Waals surface area contributed by atoms with E-state index in [4.69, 9.17) is 5.73 Å². The summed E-state index contributed by atoms with van der Waals surface area (Å²) in [6.07, 6.45) is 5.60. The van der Waals surface area contributed by atoms with Crippen molar-refractivity contribution in [2.75, 3.05) is 11.9 Å². The van der Waals surface area contributed by atoms with Crippen LogP contribution in [0.25, 0.3) is 0 Å². The number of anilines is 2. The van der Waals surface area contributed by atoms with Crippen molar-refractivity contribution in [3.63, 3.8) is 0 Å². The zero-order chi connectivity index (χ0) is 12.5. The van der Waals surface area contributed by atoms with Gasteiger partial charge in [-0.1, -0.05) is 6.07 Å². The Hall–Kier alpha value is -1.39. The van der Waals surface area contributed by atoms with Crippen molar-refractivity contribution in [1.29, 1.82) is 0 Å². The van der Waals surface area contributed by atoms with Gasteiger partial charge in [0.2, 0.25) is 0 Å². The monoisotopic (exact) mass is 259 g/mol. The summed E-state index contributed by atoms with van der Waals surface area (Å²) in [5.74, 6) is 0. The van der Waals surface area contributed by atoms with Crippen molar-refractivity contribution in [2.24, 2.45) is 5.73 Å². The summed E-state index contributed by atoms with van der Waals surface area (Å²) in [4.78, 5) is 7.69. The van der Waals surface area contributed by atoms with E-state index in [0.29, 0.717) is 6.54 Å². The van der Waals surface area contributed by atoms with E-state index in [1.807, 2.05) is 6.20 Å². The molecule has 2 N–H and O–H groups in total. The van der Waals surface area contributed by atoms with Gasteiger partial charge in [-0.05, 0) is 42.5 Å². The van der Waals surface area contributed by atoms with Gasteiger partial charge in [0.25, 0.3) is 0 Å². The van der Waals surface area contributed by atoms with Gasteiger partial charge in [-0.2, -0.15) is 0 Å². The molecule has 4 heteroatoms. The third-order valence-electron chi connectivity index (χ3n) is 3.50. The maximum absolute atomic E-state index is 5.63. The highest BCUT2D eigenvalue weighted by molar-refractivity contribution is 7.15. The molecule has 0 saturated heterocycles. The van der Waals surface area contributed by atoms with Crippen LogP contribution >= 0.6 is 11.3 Å². The Bertz CT molecular complexity index is 562. The summed E-state index contributed by atoms with van der Waals surface area (Å²) >= 11 is 1.66. The molecule has 0 atom stereocenters. The maximum atomic E-state index is 5.63. The number of fused-ring (bicyclic) bond motifs is 1. The van der Waals surface area contributed by atoms with Crippen molar-refractivity contribution in [1.82, 2.24) is 4.98 Å². The third-order valence-corrected chi connectivity index (χ3v) is 4.59. The number of benzene rings is 1. The van der Waals surface area contributed by atoms with Crippen LogP contribution in [0.15, 0.2) is 24.4 Å². The molecule has 3 nitrogen and oxygen atoms in total. The molecule has 94 valence electrons. The Morgan fingerprint density at radius 1 is 1.33 bits per heavy atom. The van der Waals surface area contributed by atoms with E-state index in [-0.39, 0.29) is 0 Å². The molecule has 1 aromatic heterocycles. The molecule has 0 saturated carbocycles. The number of hydrogen-bond donors (Lipinski definition) is 1. The lowest BCUT2D eigenvalue weighted by molar-refractivity contribution is 0.911. The number of aromatic nitrogens is 1. The van der Waals surface area contributed by atoms with Crippen molar-refractivity contribution >= 4 is 22.2 Å². The summed E-state index contributed by atoms with van der Waals surface area (Å²) in [7, 11) is 2.07. The van der Waals surface area contributed by atoms with Crippen molar-refractivity contribution < 1.29 is 0 Å². The van der Waals surface area contributed by atoms with Gasteiger partial charge in [0.1, 0.15) is 0 Å². The number of nitrogens with zero attached hydrogens (tertiary/aromatic N) is 2. The van der Waals surface area contributed by atoms with Crippen LogP contribution in [0.5, 0.6) is 0 Å². The summed E-state index contributed by atoms with van der Waals surface area (Å²) in [6.45, 7) is 0.565. The van der Waals surface area contributed by atoms with Crippen LogP contribution in [0.3, 0.4) is 0 Å². The van der Waals surface area contributed by atoms with E-state index in [9.17, 15) is 0 Å². The summed E-state index contributed by atoms with van der Waals surface area (Å²) in [5, 5.41) is 1.01. The fourth-order valence-corrected chi connectivity index (χ4v) is 3.19. The molecule has 1 heterocycles. The van der Waals surface area contributed by atoms with Crippen LogP contribution in [-0.4, -0.2) is 12.0 Å². The molecule has 1 aromatic carbocycles. The highest BCUT2D eigenvalue weighted by atomic mass is 32.1. The van der Waals surface area contributed by atoms with Gasteiger partial charge in [0.15, 0.2) is 5.13 Å². The fourth-order valence-electron chi connectivity index (χ4n) is 2.42. The molecular weight excluding hydrogens is 242 g/mol. The molecule has 0 unspecified atom stereocenters. The molecule has 0 radical (unpaired) electrons. The number of hydrogen-bond acceptors (Lipinski definition) is 4. The van der Waals surface area contributed by atoms with Gasteiger partial charge in [-0.15, -0.1) is 11.3 Å². The zero-order valence-corrected chi connectivity index (χ0v) is 11.3.